The van der Waals surface area contributed by atoms with E-state index in [1.54, 1.807) is 18.4 Å². The van der Waals surface area contributed by atoms with E-state index in [0.29, 0.717) is 0 Å². The van der Waals surface area contributed by atoms with Gasteiger partial charge >= 0.3 is 0 Å². The minimum absolute atomic E-state index is 0.173. The lowest BCUT2D eigenvalue weighted by atomic mass is 10.0. The van der Waals surface area contributed by atoms with Gasteiger partial charge in [-0.3, -0.25) is 16.3 Å². The van der Waals surface area contributed by atoms with E-state index < -0.39 is 0 Å². The summed E-state index contributed by atoms with van der Waals surface area (Å²) in [6.45, 7) is 4.06. The van der Waals surface area contributed by atoms with E-state index in [0.717, 1.165) is 35.4 Å². The zero-order valence-corrected chi connectivity index (χ0v) is 13.0. The molecule has 20 heavy (non-hydrogen) atoms. The number of hydrogen-bond acceptors (Lipinski definition) is 5. The third-order valence-corrected chi connectivity index (χ3v) is 4.35. The highest BCUT2D eigenvalue weighted by Gasteiger charge is 2.15. The standard InChI is InChI=1S/C15H21N3OS/c1-10-9-17-14(11(2)15(10)19-3)8-12(18-16)7-13-5-4-6-20-13/h4-6,9,12,18H,7-8,16H2,1-3H3. The third kappa shape index (κ3) is 3.36. The number of nitrogens with one attached hydrogen (secondary N) is 1. The molecule has 0 aliphatic heterocycles. The van der Waals surface area contributed by atoms with Crippen molar-refractivity contribution in [2.45, 2.75) is 32.7 Å². The van der Waals surface area contributed by atoms with Crippen molar-refractivity contribution < 1.29 is 4.74 Å². The van der Waals surface area contributed by atoms with Crippen LogP contribution in [-0.4, -0.2) is 18.1 Å². The number of pyridine rings is 1. The molecule has 1 atom stereocenters. The highest BCUT2D eigenvalue weighted by Crippen LogP contribution is 2.25. The summed E-state index contributed by atoms with van der Waals surface area (Å²) < 4.78 is 5.45. The second kappa shape index (κ2) is 6.83. The molecule has 0 saturated heterocycles. The van der Waals surface area contributed by atoms with Gasteiger partial charge in [-0.25, -0.2) is 0 Å². The van der Waals surface area contributed by atoms with Gasteiger partial charge in [-0.2, -0.15) is 0 Å². The van der Waals surface area contributed by atoms with E-state index in [1.807, 2.05) is 20.0 Å². The van der Waals surface area contributed by atoms with Crippen LogP contribution in [0.5, 0.6) is 5.75 Å². The summed E-state index contributed by atoms with van der Waals surface area (Å²) in [6, 6.07) is 4.36. The lowest BCUT2D eigenvalue weighted by Gasteiger charge is -2.18. The Balaban J connectivity index is 2.15. The average molecular weight is 291 g/mol. The zero-order valence-electron chi connectivity index (χ0n) is 12.1. The zero-order chi connectivity index (χ0) is 14.5. The van der Waals surface area contributed by atoms with Crippen molar-refractivity contribution >= 4 is 11.3 Å². The lowest BCUT2D eigenvalue weighted by molar-refractivity contribution is 0.406. The van der Waals surface area contributed by atoms with Gasteiger partial charge in [-0.15, -0.1) is 11.3 Å². The molecule has 108 valence electrons. The van der Waals surface area contributed by atoms with Gasteiger partial charge in [-0.05, 0) is 31.7 Å². The van der Waals surface area contributed by atoms with Crippen LogP contribution in [0.15, 0.2) is 23.7 Å². The third-order valence-electron chi connectivity index (χ3n) is 3.45. The minimum Gasteiger partial charge on any atom is -0.496 e. The molecule has 0 aliphatic carbocycles. The van der Waals surface area contributed by atoms with E-state index in [4.69, 9.17) is 10.6 Å². The molecular weight excluding hydrogens is 270 g/mol. The van der Waals surface area contributed by atoms with Crippen molar-refractivity contribution in [3.63, 3.8) is 0 Å². The number of thiophene rings is 1. The average Bonchev–Trinajstić information content (AvgIpc) is 2.94. The van der Waals surface area contributed by atoms with Crippen molar-refractivity contribution in [1.82, 2.24) is 10.4 Å². The van der Waals surface area contributed by atoms with Gasteiger partial charge in [0.05, 0.1) is 7.11 Å². The molecule has 2 aromatic heterocycles. The molecule has 0 spiro atoms. The summed E-state index contributed by atoms with van der Waals surface area (Å²) >= 11 is 1.75. The van der Waals surface area contributed by atoms with Crippen molar-refractivity contribution in [3.8, 4) is 5.75 Å². The highest BCUT2D eigenvalue weighted by molar-refractivity contribution is 7.09. The topological polar surface area (TPSA) is 60.2 Å². The second-order valence-corrected chi connectivity index (χ2v) is 5.93. The fourth-order valence-electron chi connectivity index (χ4n) is 2.37. The molecule has 0 aromatic carbocycles. The number of rotatable bonds is 6. The fourth-order valence-corrected chi connectivity index (χ4v) is 3.16. The van der Waals surface area contributed by atoms with Crippen molar-refractivity contribution in [3.05, 3.63) is 45.4 Å². The van der Waals surface area contributed by atoms with E-state index in [9.17, 15) is 0 Å². The maximum atomic E-state index is 5.68. The Morgan fingerprint density at radius 1 is 1.40 bits per heavy atom. The molecule has 0 saturated carbocycles. The van der Waals surface area contributed by atoms with Gasteiger partial charge in [0.25, 0.3) is 0 Å². The number of hydrazine groups is 1. The summed E-state index contributed by atoms with van der Waals surface area (Å²) in [5.41, 5.74) is 6.08. The molecule has 0 bridgehead atoms. The maximum Gasteiger partial charge on any atom is 0.128 e. The van der Waals surface area contributed by atoms with Gasteiger partial charge in [0.1, 0.15) is 5.75 Å². The summed E-state index contributed by atoms with van der Waals surface area (Å²) in [4.78, 5) is 5.86. The Morgan fingerprint density at radius 3 is 2.80 bits per heavy atom. The summed E-state index contributed by atoms with van der Waals surface area (Å²) in [5, 5.41) is 2.08. The minimum atomic E-state index is 0.173. The molecule has 0 fully saturated rings. The number of hydrogen-bond donors (Lipinski definition) is 2. The van der Waals surface area contributed by atoms with E-state index in [-0.39, 0.29) is 6.04 Å². The Hall–Kier alpha value is -1.43. The molecule has 2 heterocycles. The molecule has 1 unspecified atom stereocenters. The normalized spacial score (nSPS) is 12.4. The van der Waals surface area contributed by atoms with Crippen LogP contribution in [0.4, 0.5) is 0 Å². The van der Waals surface area contributed by atoms with Crippen molar-refractivity contribution in [2.24, 2.45) is 5.84 Å². The first-order valence-corrected chi connectivity index (χ1v) is 7.51. The van der Waals surface area contributed by atoms with Gasteiger partial charge in [0.15, 0.2) is 0 Å². The van der Waals surface area contributed by atoms with Gasteiger partial charge < -0.3 is 4.74 Å². The molecule has 2 aromatic rings. The van der Waals surface area contributed by atoms with E-state index >= 15 is 0 Å². The van der Waals surface area contributed by atoms with Gasteiger partial charge in [0.2, 0.25) is 0 Å². The van der Waals surface area contributed by atoms with Crippen molar-refractivity contribution in [2.75, 3.05) is 7.11 Å². The summed E-state index contributed by atoms with van der Waals surface area (Å²) in [7, 11) is 1.70. The lowest BCUT2D eigenvalue weighted by Crippen LogP contribution is -2.38. The first-order chi connectivity index (χ1) is 9.65. The fraction of sp³-hybridized carbons (Fsp3) is 0.400. The van der Waals surface area contributed by atoms with Crippen molar-refractivity contribution in [1.29, 1.82) is 0 Å². The highest BCUT2D eigenvalue weighted by atomic mass is 32.1. The number of ether oxygens (including phenoxy) is 1. The van der Waals surface area contributed by atoms with Gasteiger partial charge in [-0.1, -0.05) is 6.07 Å². The van der Waals surface area contributed by atoms with E-state index in [1.165, 1.54) is 4.88 Å². The summed E-state index contributed by atoms with van der Waals surface area (Å²) in [5.74, 6) is 6.60. The number of aryl methyl sites for hydroxylation is 1. The molecule has 0 amide bonds. The van der Waals surface area contributed by atoms with Crippen LogP contribution in [0.3, 0.4) is 0 Å². The molecular formula is C15H21N3OS. The number of methoxy groups -OCH3 is 1. The van der Waals surface area contributed by atoms with E-state index in [2.05, 4.69) is 27.9 Å². The Labute approximate surface area is 124 Å². The summed E-state index contributed by atoms with van der Waals surface area (Å²) in [6.07, 6.45) is 3.56. The van der Waals surface area contributed by atoms with Crippen LogP contribution >= 0.6 is 11.3 Å². The SMILES string of the molecule is COc1c(C)cnc(CC(Cc2cccs2)NN)c1C. The molecule has 2 rings (SSSR count). The first kappa shape index (κ1) is 15.0. The van der Waals surface area contributed by atoms with Crippen LogP contribution in [-0.2, 0) is 12.8 Å². The van der Waals surface area contributed by atoms with Crippen LogP contribution < -0.4 is 16.0 Å². The Morgan fingerprint density at radius 2 is 2.20 bits per heavy atom. The number of nitrogens with zero attached hydrogens (tertiary/aromatic N) is 1. The molecule has 0 radical (unpaired) electrons. The largest absolute Gasteiger partial charge is 0.496 e. The van der Waals surface area contributed by atoms with Crippen LogP contribution in [0, 0.1) is 13.8 Å². The van der Waals surface area contributed by atoms with Crippen LogP contribution in [0.25, 0.3) is 0 Å². The first-order valence-electron chi connectivity index (χ1n) is 6.63. The number of aromatic nitrogens is 1. The molecule has 3 N–H and O–H groups in total. The Kier molecular flexibility index (Phi) is 5.11. The molecule has 4 nitrogen and oxygen atoms in total. The monoisotopic (exact) mass is 291 g/mol. The maximum absolute atomic E-state index is 5.68. The Bertz CT molecular complexity index is 554. The van der Waals surface area contributed by atoms with Crippen LogP contribution in [0.1, 0.15) is 21.7 Å². The predicted molar refractivity (Wildman–Crippen MR) is 83.1 cm³/mol. The molecule has 0 aliphatic rings. The number of nitrogens with two attached hydrogens (primary N) is 1. The van der Waals surface area contributed by atoms with Crippen LogP contribution in [0.2, 0.25) is 0 Å². The quantitative estimate of drug-likeness (QED) is 0.634. The molecule has 5 heteroatoms. The predicted octanol–water partition coefficient (Wildman–Crippen LogP) is 2.39. The second-order valence-electron chi connectivity index (χ2n) is 4.90. The smallest absolute Gasteiger partial charge is 0.128 e. The van der Waals surface area contributed by atoms with Gasteiger partial charge in [0, 0.05) is 40.4 Å².